The van der Waals surface area contributed by atoms with Crippen molar-refractivity contribution in [3.8, 4) is 0 Å². The molecule has 0 radical (unpaired) electrons. The third-order valence-electron chi connectivity index (χ3n) is 2.49. The van der Waals surface area contributed by atoms with Gasteiger partial charge in [-0.15, -0.1) is 0 Å². The Hall–Kier alpha value is -2.08. The van der Waals surface area contributed by atoms with Gasteiger partial charge in [-0.2, -0.15) is 0 Å². The lowest BCUT2D eigenvalue weighted by Crippen LogP contribution is -2.41. The van der Waals surface area contributed by atoms with Crippen LogP contribution in [0.3, 0.4) is 0 Å². The van der Waals surface area contributed by atoms with Crippen molar-refractivity contribution < 1.29 is 13.7 Å². The third-order valence-corrected chi connectivity index (χ3v) is 2.49. The number of rotatable bonds is 6. The molecule has 0 saturated carbocycles. The van der Waals surface area contributed by atoms with E-state index in [1.54, 1.807) is 25.3 Å². The summed E-state index contributed by atoms with van der Waals surface area (Å²) < 4.78 is 9.83. The van der Waals surface area contributed by atoms with E-state index < -0.39 is 0 Å². The SMILES string of the molecule is CC(NCc1ccon1)C(=O)NCc1ccco1. The first kappa shape index (κ1) is 12.4. The molecule has 2 aromatic rings. The summed E-state index contributed by atoms with van der Waals surface area (Å²) in [6.07, 6.45) is 3.08. The average Bonchev–Trinajstić information content (AvgIpc) is 3.05. The molecule has 2 N–H and O–H groups in total. The van der Waals surface area contributed by atoms with E-state index in [1.165, 1.54) is 6.26 Å². The second-order valence-electron chi connectivity index (χ2n) is 3.89. The Balaban J connectivity index is 1.71. The van der Waals surface area contributed by atoms with Gasteiger partial charge in [-0.3, -0.25) is 4.79 Å². The molecular formula is C12H15N3O3. The van der Waals surface area contributed by atoms with Crippen molar-refractivity contribution in [3.05, 3.63) is 42.2 Å². The molecule has 2 heterocycles. The Morgan fingerprint density at radius 2 is 2.28 bits per heavy atom. The van der Waals surface area contributed by atoms with Gasteiger partial charge in [-0.25, -0.2) is 0 Å². The van der Waals surface area contributed by atoms with Gasteiger partial charge in [0.2, 0.25) is 5.91 Å². The third kappa shape index (κ3) is 3.46. The van der Waals surface area contributed by atoms with Crippen LogP contribution in [0.25, 0.3) is 0 Å². The zero-order valence-electron chi connectivity index (χ0n) is 10.1. The molecule has 1 atom stereocenters. The fourth-order valence-corrected chi connectivity index (χ4v) is 1.42. The fourth-order valence-electron chi connectivity index (χ4n) is 1.42. The highest BCUT2D eigenvalue weighted by molar-refractivity contribution is 5.81. The van der Waals surface area contributed by atoms with E-state index in [1.807, 2.05) is 6.07 Å². The minimum atomic E-state index is -0.309. The number of nitrogens with one attached hydrogen (secondary N) is 2. The fraction of sp³-hybridized carbons (Fsp3) is 0.333. The summed E-state index contributed by atoms with van der Waals surface area (Å²) in [7, 11) is 0. The van der Waals surface area contributed by atoms with Crippen LogP contribution in [0.2, 0.25) is 0 Å². The van der Waals surface area contributed by atoms with Crippen LogP contribution in [-0.4, -0.2) is 17.1 Å². The smallest absolute Gasteiger partial charge is 0.237 e. The highest BCUT2D eigenvalue weighted by Gasteiger charge is 2.12. The first-order valence-corrected chi connectivity index (χ1v) is 5.68. The minimum Gasteiger partial charge on any atom is -0.467 e. The number of furan rings is 1. The Morgan fingerprint density at radius 1 is 1.39 bits per heavy atom. The largest absolute Gasteiger partial charge is 0.467 e. The van der Waals surface area contributed by atoms with Gasteiger partial charge in [0.25, 0.3) is 0 Å². The molecule has 0 aliphatic heterocycles. The number of hydrogen-bond acceptors (Lipinski definition) is 5. The zero-order chi connectivity index (χ0) is 12.8. The van der Waals surface area contributed by atoms with Crippen molar-refractivity contribution in [1.82, 2.24) is 15.8 Å². The average molecular weight is 249 g/mol. The van der Waals surface area contributed by atoms with E-state index in [0.717, 1.165) is 11.5 Å². The summed E-state index contributed by atoms with van der Waals surface area (Å²) in [6, 6.07) is 5.04. The Kier molecular flexibility index (Phi) is 4.14. The molecule has 1 unspecified atom stereocenters. The summed E-state index contributed by atoms with van der Waals surface area (Å²) in [6.45, 7) is 2.67. The molecule has 0 aromatic carbocycles. The number of aromatic nitrogens is 1. The normalized spacial score (nSPS) is 12.3. The number of carbonyl (C=O) groups is 1. The molecule has 0 fully saturated rings. The molecule has 0 aliphatic rings. The van der Waals surface area contributed by atoms with Gasteiger partial charge >= 0.3 is 0 Å². The number of amides is 1. The van der Waals surface area contributed by atoms with Crippen molar-refractivity contribution in [1.29, 1.82) is 0 Å². The maximum atomic E-state index is 11.7. The maximum Gasteiger partial charge on any atom is 0.237 e. The zero-order valence-corrected chi connectivity index (χ0v) is 10.1. The molecule has 1 amide bonds. The summed E-state index contributed by atoms with van der Waals surface area (Å²) in [5.41, 5.74) is 0.765. The van der Waals surface area contributed by atoms with Crippen molar-refractivity contribution in [2.75, 3.05) is 0 Å². The van der Waals surface area contributed by atoms with E-state index in [-0.39, 0.29) is 11.9 Å². The van der Waals surface area contributed by atoms with E-state index in [9.17, 15) is 4.79 Å². The first-order chi connectivity index (χ1) is 8.75. The van der Waals surface area contributed by atoms with Crippen LogP contribution in [0.5, 0.6) is 0 Å². The first-order valence-electron chi connectivity index (χ1n) is 5.68. The van der Waals surface area contributed by atoms with E-state index in [4.69, 9.17) is 8.94 Å². The van der Waals surface area contributed by atoms with Gasteiger partial charge < -0.3 is 19.6 Å². The summed E-state index contributed by atoms with van der Waals surface area (Å²) >= 11 is 0. The molecule has 2 rings (SSSR count). The van der Waals surface area contributed by atoms with E-state index >= 15 is 0 Å². The van der Waals surface area contributed by atoms with Crippen LogP contribution in [0, 0.1) is 0 Å². The molecule has 2 aromatic heterocycles. The monoisotopic (exact) mass is 249 g/mol. The van der Waals surface area contributed by atoms with Crippen molar-refractivity contribution in [2.45, 2.75) is 26.1 Å². The Labute approximate surface area is 104 Å². The molecule has 0 aliphatic carbocycles. The van der Waals surface area contributed by atoms with Gasteiger partial charge in [0, 0.05) is 12.6 Å². The lowest BCUT2D eigenvalue weighted by atomic mass is 10.3. The lowest BCUT2D eigenvalue weighted by Gasteiger charge is -2.12. The molecule has 0 saturated heterocycles. The second kappa shape index (κ2) is 6.02. The van der Waals surface area contributed by atoms with Crippen LogP contribution in [0.15, 0.2) is 39.7 Å². The van der Waals surface area contributed by atoms with Crippen LogP contribution in [0.1, 0.15) is 18.4 Å². The highest BCUT2D eigenvalue weighted by atomic mass is 16.5. The minimum absolute atomic E-state index is 0.0881. The number of hydrogen-bond donors (Lipinski definition) is 2. The van der Waals surface area contributed by atoms with Gasteiger partial charge in [-0.1, -0.05) is 5.16 Å². The van der Waals surface area contributed by atoms with Gasteiger partial charge in [0.15, 0.2) is 0 Å². The van der Waals surface area contributed by atoms with Crippen molar-refractivity contribution >= 4 is 5.91 Å². The molecule has 6 nitrogen and oxygen atoms in total. The van der Waals surface area contributed by atoms with Crippen LogP contribution in [-0.2, 0) is 17.9 Å². The lowest BCUT2D eigenvalue weighted by molar-refractivity contribution is -0.123. The van der Waals surface area contributed by atoms with Crippen molar-refractivity contribution in [2.24, 2.45) is 0 Å². The van der Waals surface area contributed by atoms with Crippen molar-refractivity contribution in [3.63, 3.8) is 0 Å². The molecule has 18 heavy (non-hydrogen) atoms. The molecule has 0 bridgehead atoms. The second-order valence-corrected chi connectivity index (χ2v) is 3.89. The summed E-state index contributed by atoms with van der Waals surface area (Å²) in [5.74, 6) is 0.641. The summed E-state index contributed by atoms with van der Waals surface area (Å²) in [5, 5.41) is 9.58. The quantitative estimate of drug-likeness (QED) is 0.800. The van der Waals surface area contributed by atoms with Gasteiger partial charge in [0.05, 0.1) is 24.5 Å². The van der Waals surface area contributed by atoms with Crippen LogP contribution >= 0.6 is 0 Å². The molecule has 6 heteroatoms. The standard InChI is InChI=1S/C12H15N3O3/c1-9(13-7-10-4-6-18-15-10)12(16)14-8-11-3-2-5-17-11/h2-6,9,13H,7-8H2,1H3,(H,14,16). The molecule has 0 spiro atoms. The summed E-state index contributed by atoms with van der Waals surface area (Å²) in [4.78, 5) is 11.7. The molecule has 96 valence electrons. The maximum absolute atomic E-state index is 11.7. The molecular weight excluding hydrogens is 234 g/mol. The highest BCUT2D eigenvalue weighted by Crippen LogP contribution is 1.99. The van der Waals surface area contributed by atoms with Crippen LogP contribution < -0.4 is 10.6 Å². The predicted molar refractivity (Wildman–Crippen MR) is 63.4 cm³/mol. The Morgan fingerprint density at radius 3 is 2.94 bits per heavy atom. The van der Waals surface area contributed by atoms with E-state index in [2.05, 4.69) is 15.8 Å². The topological polar surface area (TPSA) is 80.3 Å². The van der Waals surface area contributed by atoms with Gasteiger partial charge in [-0.05, 0) is 19.1 Å². The Bertz CT molecular complexity index is 465. The van der Waals surface area contributed by atoms with Gasteiger partial charge in [0.1, 0.15) is 12.0 Å². The number of carbonyl (C=O) groups excluding carboxylic acids is 1. The van der Waals surface area contributed by atoms with Crippen LogP contribution in [0.4, 0.5) is 0 Å². The number of nitrogens with zero attached hydrogens (tertiary/aromatic N) is 1. The van der Waals surface area contributed by atoms with E-state index in [0.29, 0.717) is 13.1 Å². The predicted octanol–water partition coefficient (Wildman–Crippen LogP) is 1.06.